The van der Waals surface area contributed by atoms with Crippen molar-refractivity contribution in [2.75, 3.05) is 26.4 Å². The fraction of sp³-hybridized carbons (Fsp3) is 0.400. The first-order valence-corrected chi connectivity index (χ1v) is 10.2. The highest BCUT2D eigenvalue weighted by molar-refractivity contribution is 7.34. The van der Waals surface area contributed by atoms with Crippen LogP contribution in [0.4, 0.5) is 0 Å². The van der Waals surface area contributed by atoms with Gasteiger partial charge in [0.05, 0.1) is 0 Å². The molecule has 0 unspecified atom stereocenters. The monoisotopic (exact) mass is 409 g/mol. The highest BCUT2D eigenvalue weighted by Crippen LogP contribution is 2.36. The molecule has 0 radical (unpaired) electrons. The second-order valence-corrected chi connectivity index (χ2v) is 6.90. The van der Waals surface area contributed by atoms with E-state index < -0.39 is 8.25 Å². The summed E-state index contributed by atoms with van der Waals surface area (Å²) >= 11 is 0. The van der Waals surface area contributed by atoms with Gasteiger partial charge in [-0.05, 0) is 48.9 Å². The van der Waals surface area contributed by atoms with Gasteiger partial charge in [-0.3, -0.25) is 0 Å². The Morgan fingerprint density at radius 1 is 0.643 bits per heavy atom. The first kappa shape index (κ1) is 22.3. The molecule has 28 heavy (non-hydrogen) atoms. The molecule has 2 aromatic carbocycles. The van der Waals surface area contributed by atoms with Crippen LogP contribution in [0.1, 0.15) is 22.3 Å². The quantitative estimate of drug-likeness (QED) is 0.396. The zero-order valence-electron chi connectivity index (χ0n) is 15.6. The Bertz CT molecular complexity index is 716. The number of hydrogen-bond acceptors (Lipinski definition) is 7. The van der Waals surface area contributed by atoms with E-state index in [2.05, 4.69) is 0 Å². The number of rotatable bonds is 12. The van der Waals surface area contributed by atoms with Gasteiger partial charge in [-0.2, -0.15) is 0 Å². The molecule has 0 aliphatic carbocycles. The first-order valence-electron chi connectivity index (χ1n) is 9.12. The van der Waals surface area contributed by atoms with E-state index in [0.29, 0.717) is 48.3 Å². The predicted molar refractivity (Wildman–Crippen MR) is 105 cm³/mol. The van der Waals surface area contributed by atoms with Gasteiger partial charge in [0.15, 0.2) is 11.5 Å². The van der Waals surface area contributed by atoms with Gasteiger partial charge in [0.25, 0.3) is 0 Å². The Morgan fingerprint density at radius 3 is 1.39 bits per heavy atom. The molecule has 0 aromatic heterocycles. The molecular weight excluding hydrogens is 383 g/mol. The number of hydrogen-bond donors (Lipinski definition) is 4. The minimum Gasteiger partial charge on any atom is -0.396 e. The molecule has 7 nitrogen and oxygen atoms in total. The van der Waals surface area contributed by atoms with Crippen molar-refractivity contribution in [1.29, 1.82) is 0 Å². The lowest BCUT2D eigenvalue weighted by Crippen LogP contribution is -2.05. The van der Waals surface area contributed by atoms with E-state index in [0.717, 1.165) is 11.1 Å². The van der Waals surface area contributed by atoms with Crippen LogP contribution in [0.3, 0.4) is 0 Å². The molecule has 8 heteroatoms. The second-order valence-electron chi connectivity index (χ2n) is 6.09. The first-order chi connectivity index (χ1) is 13.6. The Hall–Kier alpha value is -2.02. The molecule has 0 atom stereocenters. The highest BCUT2D eigenvalue weighted by Gasteiger charge is 2.28. The van der Waals surface area contributed by atoms with Gasteiger partial charge in [0.1, 0.15) is 0 Å². The predicted octanol–water partition coefficient (Wildman–Crippen LogP) is 1.94. The standard InChI is InChI=1S/C20H26O7P/c21-11-7-15-3-1-5-19(17(15)9-13-23)26-28(25)27-20-6-2-4-16(8-12-22)18(20)10-14-24/h1-6,21-24H,7-14H2/q+1. The summed E-state index contributed by atoms with van der Waals surface area (Å²) < 4.78 is 23.5. The van der Waals surface area contributed by atoms with Crippen LogP contribution >= 0.6 is 8.25 Å². The second kappa shape index (κ2) is 11.7. The van der Waals surface area contributed by atoms with Crippen molar-refractivity contribution in [2.45, 2.75) is 25.7 Å². The Balaban J connectivity index is 2.23. The van der Waals surface area contributed by atoms with Gasteiger partial charge in [0.2, 0.25) is 0 Å². The van der Waals surface area contributed by atoms with Crippen LogP contribution in [0.5, 0.6) is 11.5 Å². The molecular formula is C20H26O7P+. The fourth-order valence-electron chi connectivity index (χ4n) is 3.07. The van der Waals surface area contributed by atoms with E-state index in [1.807, 2.05) is 12.1 Å². The van der Waals surface area contributed by atoms with E-state index >= 15 is 0 Å². The third-order valence-corrected chi connectivity index (χ3v) is 4.98. The average molecular weight is 409 g/mol. The molecule has 0 spiro atoms. The van der Waals surface area contributed by atoms with Crippen LogP contribution in [0.2, 0.25) is 0 Å². The van der Waals surface area contributed by atoms with Crippen molar-refractivity contribution in [3.8, 4) is 11.5 Å². The zero-order chi connectivity index (χ0) is 20.4. The summed E-state index contributed by atoms with van der Waals surface area (Å²) in [6, 6.07) is 10.4. The lowest BCUT2D eigenvalue weighted by molar-refractivity contribution is 0.291. The summed E-state index contributed by atoms with van der Waals surface area (Å²) in [6.45, 7) is -0.319. The van der Waals surface area contributed by atoms with Crippen LogP contribution in [0.15, 0.2) is 36.4 Å². The topological polar surface area (TPSA) is 116 Å². The molecule has 2 aromatic rings. The normalized spacial score (nSPS) is 10.7. The van der Waals surface area contributed by atoms with Gasteiger partial charge in [-0.25, -0.2) is 9.05 Å². The van der Waals surface area contributed by atoms with Crippen molar-refractivity contribution >= 4 is 8.25 Å². The third kappa shape index (κ3) is 5.99. The summed E-state index contributed by atoms with van der Waals surface area (Å²) in [6.07, 6.45) is 1.40. The Kier molecular flexibility index (Phi) is 9.34. The summed E-state index contributed by atoms with van der Waals surface area (Å²) in [5, 5.41) is 37.0. The zero-order valence-corrected chi connectivity index (χ0v) is 16.5. The van der Waals surface area contributed by atoms with Gasteiger partial charge < -0.3 is 20.4 Å². The fourth-order valence-corrected chi connectivity index (χ4v) is 3.77. The maximum atomic E-state index is 12.5. The highest BCUT2D eigenvalue weighted by atomic mass is 31.1. The van der Waals surface area contributed by atoms with Gasteiger partial charge >= 0.3 is 8.25 Å². The van der Waals surface area contributed by atoms with Gasteiger partial charge in [-0.15, -0.1) is 0 Å². The summed E-state index contributed by atoms with van der Waals surface area (Å²) in [4.78, 5) is 0. The minimum absolute atomic E-state index is 0.0489. The SMILES string of the molecule is O=[P+](Oc1cccc(CCO)c1CCO)Oc1cccc(CCO)c1CCO. The molecule has 0 amide bonds. The maximum absolute atomic E-state index is 12.5. The van der Waals surface area contributed by atoms with Crippen LogP contribution in [0.25, 0.3) is 0 Å². The van der Waals surface area contributed by atoms with E-state index in [4.69, 9.17) is 9.05 Å². The van der Waals surface area contributed by atoms with Gasteiger partial charge in [-0.1, -0.05) is 24.3 Å². The van der Waals surface area contributed by atoms with Crippen LogP contribution in [0, 0.1) is 0 Å². The van der Waals surface area contributed by atoms with Crippen molar-refractivity contribution < 1.29 is 34.0 Å². The number of aliphatic hydroxyl groups excluding tert-OH is 4. The van der Waals surface area contributed by atoms with E-state index in [-0.39, 0.29) is 26.4 Å². The maximum Gasteiger partial charge on any atom is 0.805 e. The molecule has 4 N–H and O–H groups in total. The molecule has 0 saturated carbocycles. The molecule has 0 aliphatic heterocycles. The van der Waals surface area contributed by atoms with Crippen molar-refractivity contribution in [2.24, 2.45) is 0 Å². The van der Waals surface area contributed by atoms with E-state index in [1.54, 1.807) is 24.3 Å². The smallest absolute Gasteiger partial charge is 0.396 e. The minimum atomic E-state index is -2.57. The molecule has 0 bridgehead atoms. The van der Waals surface area contributed by atoms with Crippen LogP contribution < -0.4 is 9.05 Å². The van der Waals surface area contributed by atoms with Crippen LogP contribution in [-0.2, 0) is 30.2 Å². The molecule has 0 fully saturated rings. The van der Waals surface area contributed by atoms with E-state index in [1.165, 1.54) is 0 Å². The average Bonchev–Trinajstić information content (AvgIpc) is 2.67. The third-order valence-electron chi connectivity index (χ3n) is 4.29. The lowest BCUT2D eigenvalue weighted by Gasteiger charge is -2.10. The van der Waals surface area contributed by atoms with E-state index in [9.17, 15) is 25.0 Å². The molecule has 152 valence electrons. The molecule has 0 heterocycles. The van der Waals surface area contributed by atoms with Gasteiger partial charge in [0, 0.05) is 42.1 Å². The Labute approximate surface area is 165 Å². The molecule has 0 aliphatic rings. The summed E-state index contributed by atoms with van der Waals surface area (Å²) in [7, 11) is -2.57. The Morgan fingerprint density at radius 2 is 1.04 bits per heavy atom. The largest absolute Gasteiger partial charge is 0.805 e. The van der Waals surface area contributed by atoms with Crippen molar-refractivity contribution in [3.05, 3.63) is 58.7 Å². The lowest BCUT2D eigenvalue weighted by atomic mass is 10.0. The molecule has 0 saturated heterocycles. The van der Waals surface area contributed by atoms with Crippen molar-refractivity contribution in [3.63, 3.8) is 0 Å². The summed E-state index contributed by atoms with van der Waals surface area (Å²) in [5.41, 5.74) is 2.97. The summed E-state index contributed by atoms with van der Waals surface area (Å²) in [5.74, 6) is 0.660. The number of benzene rings is 2. The number of aliphatic hydroxyl groups is 4. The molecule has 2 rings (SSSR count). The van der Waals surface area contributed by atoms with Crippen LogP contribution in [-0.4, -0.2) is 46.9 Å². The van der Waals surface area contributed by atoms with Crippen molar-refractivity contribution in [1.82, 2.24) is 0 Å².